The molecule has 90 valence electrons. The lowest BCUT2D eigenvalue weighted by Gasteiger charge is -2.28. The summed E-state index contributed by atoms with van der Waals surface area (Å²) in [7, 11) is 0. The van der Waals surface area contributed by atoms with E-state index in [9.17, 15) is 0 Å². The first kappa shape index (κ1) is 11.6. The first-order valence-electron chi connectivity index (χ1n) is 5.53. The molecule has 0 aliphatic carbocycles. The molecule has 0 amide bonds. The molecule has 1 aromatic rings. The molecule has 17 heavy (non-hydrogen) atoms. The molecule has 2 atom stereocenters. The Morgan fingerprint density at radius 1 is 1.65 bits per heavy atom. The van der Waals surface area contributed by atoms with Crippen LogP contribution in [-0.2, 0) is 4.74 Å². The van der Waals surface area contributed by atoms with Gasteiger partial charge in [-0.25, -0.2) is 4.98 Å². The van der Waals surface area contributed by atoms with Crippen LogP contribution in [0.4, 0.5) is 11.8 Å². The van der Waals surface area contributed by atoms with Gasteiger partial charge in [0.1, 0.15) is 5.82 Å². The highest BCUT2D eigenvalue weighted by atomic mass is 16.5. The molecule has 1 aromatic heterocycles. The van der Waals surface area contributed by atoms with Gasteiger partial charge in [0.2, 0.25) is 5.95 Å². The molecule has 6 nitrogen and oxygen atoms in total. The van der Waals surface area contributed by atoms with E-state index in [0.29, 0.717) is 19.0 Å². The Morgan fingerprint density at radius 2 is 2.47 bits per heavy atom. The van der Waals surface area contributed by atoms with Crippen molar-refractivity contribution in [2.24, 2.45) is 5.92 Å². The van der Waals surface area contributed by atoms with Gasteiger partial charge in [0, 0.05) is 18.4 Å². The van der Waals surface area contributed by atoms with Crippen molar-refractivity contribution < 1.29 is 4.74 Å². The number of aryl methyl sites for hydroxylation is 1. The van der Waals surface area contributed by atoms with Gasteiger partial charge in [-0.1, -0.05) is 0 Å². The number of hydrogen-bond acceptors (Lipinski definition) is 6. The zero-order chi connectivity index (χ0) is 12.3. The first-order valence-corrected chi connectivity index (χ1v) is 5.53. The number of nitrogens with one attached hydrogen (secondary N) is 1. The van der Waals surface area contributed by atoms with Gasteiger partial charge in [0.15, 0.2) is 0 Å². The summed E-state index contributed by atoms with van der Waals surface area (Å²) in [5.74, 6) is 0.843. The zero-order valence-corrected chi connectivity index (χ0v) is 9.68. The van der Waals surface area contributed by atoms with Crippen molar-refractivity contribution in [2.45, 2.75) is 19.4 Å². The summed E-state index contributed by atoms with van der Waals surface area (Å²) in [6.45, 7) is 3.05. The Balaban J connectivity index is 2.14. The van der Waals surface area contributed by atoms with Crippen LogP contribution >= 0.6 is 0 Å². The quantitative estimate of drug-likeness (QED) is 0.780. The molecular formula is C11H15N5O. The van der Waals surface area contributed by atoms with Gasteiger partial charge in [-0.3, -0.25) is 0 Å². The number of anilines is 2. The number of rotatable bonds is 2. The third kappa shape index (κ3) is 2.63. The lowest BCUT2D eigenvalue weighted by Crippen LogP contribution is -2.38. The van der Waals surface area contributed by atoms with Crippen LogP contribution in [0.1, 0.15) is 12.0 Å². The normalized spacial score (nSPS) is 24.0. The fourth-order valence-electron chi connectivity index (χ4n) is 1.81. The van der Waals surface area contributed by atoms with Gasteiger partial charge in [0.25, 0.3) is 0 Å². The van der Waals surface area contributed by atoms with Crippen molar-refractivity contribution in [2.75, 3.05) is 24.3 Å². The molecule has 1 aliphatic heterocycles. The Morgan fingerprint density at radius 3 is 3.24 bits per heavy atom. The van der Waals surface area contributed by atoms with Crippen LogP contribution < -0.4 is 11.1 Å². The molecule has 0 aromatic carbocycles. The van der Waals surface area contributed by atoms with Crippen molar-refractivity contribution in [1.82, 2.24) is 9.97 Å². The molecule has 0 bridgehead atoms. The fraction of sp³-hybridized carbons (Fsp3) is 0.545. The van der Waals surface area contributed by atoms with Gasteiger partial charge < -0.3 is 15.8 Å². The number of nitriles is 1. The van der Waals surface area contributed by atoms with E-state index in [1.54, 1.807) is 6.20 Å². The summed E-state index contributed by atoms with van der Waals surface area (Å²) in [6, 6.07) is 2.25. The van der Waals surface area contributed by atoms with Crippen molar-refractivity contribution in [3.8, 4) is 6.07 Å². The highest BCUT2D eigenvalue weighted by molar-refractivity contribution is 5.46. The van der Waals surface area contributed by atoms with Crippen LogP contribution in [-0.4, -0.2) is 29.2 Å². The minimum absolute atomic E-state index is 0.0400. The largest absolute Gasteiger partial charge is 0.379 e. The van der Waals surface area contributed by atoms with Crippen LogP contribution in [0.25, 0.3) is 0 Å². The lowest BCUT2D eigenvalue weighted by atomic mass is 9.96. The molecular weight excluding hydrogens is 218 g/mol. The van der Waals surface area contributed by atoms with Gasteiger partial charge in [-0.15, -0.1) is 0 Å². The van der Waals surface area contributed by atoms with Crippen LogP contribution in [0.5, 0.6) is 0 Å². The SMILES string of the molecule is Cc1cnc(N)nc1N[C@@H]1COCC[C@H]1C#N. The smallest absolute Gasteiger partial charge is 0.221 e. The van der Waals surface area contributed by atoms with E-state index in [1.807, 2.05) is 6.92 Å². The van der Waals surface area contributed by atoms with Gasteiger partial charge in [-0.2, -0.15) is 10.2 Å². The topological polar surface area (TPSA) is 96.8 Å². The fourth-order valence-corrected chi connectivity index (χ4v) is 1.81. The summed E-state index contributed by atoms with van der Waals surface area (Å²) >= 11 is 0. The van der Waals surface area contributed by atoms with Crippen molar-refractivity contribution in [3.05, 3.63) is 11.8 Å². The van der Waals surface area contributed by atoms with E-state index >= 15 is 0 Å². The molecule has 0 unspecified atom stereocenters. The zero-order valence-electron chi connectivity index (χ0n) is 9.68. The highest BCUT2D eigenvalue weighted by Crippen LogP contribution is 2.20. The van der Waals surface area contributed by atoms with Gasteiger partial charge in [-0.05, 0) is 13.3 Å². The summed E-state index contributed by atoms with van der Waals surface area (Å²) in [6.07, 6.45) is 2.41. The molecule has 1 saturated heterocycles. The maximum absolute atomic E-state index is 9.06. The predicted octanol–water partition coefficient (Wildman–Crippen LogP) is 0.708. The van der Waals surface area contributed by atoms with Crippen molar-refractivity contribution in [1.29, 1.82) is 5.26 Å². The Labute approximate surface area is 99.8 Å². The van der Waals surface area contributed by atoms with Gasteiger partial charge in [0.05, 0.1) is 24.6 Å². The number of aromatic nitrogens is 2. The first-order chi connectivity index (χ1) is 8.20. The van der Waals surface area contributed by atoms with E-state index in [0.717, 1.165) is 12.0 Å². The van der Waals surface area contributed by atoms with Gasteiger partial charge >= 0.3 is 0 Å². The molecule has 0 spiro atoms. The minimum atomic E-state index is -0.0562. The summed E-state index contributed by atoms with van der Waals surface area (Å²) in [5.41, 5.74) is 6.45. The lowest BCUT2D eigenvalue weighted by molar-refractivity contribution is 0.0698. The van der Waals surface area contributed by atoms with Crippen molar-refractivity contribution in [3.63, 3.8) is 0 Å². The second-order valence-corrected chi connectivity index (χ2v) is 4.11. The van der Waals surface area contributed by atoms with Crippen molar-refractivity contribution >= 4 is 11.8 Å². The molecule has 1 fully saturated rings. The Hall–Kier alpha value is -1.87. The van der Waals surface area contributed by atoms with E-state index in [4.69, 9.17) is 15.7 Å². The van der Waals surface area contributed by atoms with Crippen LogP contribution in [0.3, 0.4) is 0 Å². The van der Waals surface area contributed by atoms with Crippen LogP contribution in [0.2, 0.25) is 0 Å². The summed E-state index contributed by atoms with van der Waals surface area (Å²) in [4.78, 5) is 8.03. The minimum Gasteiger partial charge on any atom is -0.379 e. The summed E-state index contributed by atoms with van der Waals surface area (Å²) in [5, 5.41) is 12.3. The number of ether oxygens (including phenoxy) is 1. The molecule has 6 heteroatoms. The molecule has 2 rings (SSSR count). The average Bonchev–Trinajstić information content (AvgIpc) is 2.34. The molecule has 0 saturated carbocycles. The number of hydrogen-bond donors (Lipinski definition) is 2. The average molecular weight is 233 g/mol. The second-order valence-electron chi connectivity index (χ2n) is 4.11. The molecule has 2 heterocycles. The third-order valence-electron chi connectivity index (χ3n) is 2.83. The maximum Gasteiger partial charge on any atom is 0.221 e. The monoisotopic (exact) mass is 233 g/mol. The van der Waals surface area contributed by atoms with E-state index in [2.05, 4.69) is 21.4 Å². The number of nitrogens with two attached hydrogens (primary N) is 1. The van der Waals surface area contributed by atoms with E-state index < -0.39 is 0 Å². The number of nitrogens with zero attached hydrogens (tertiary/aromatic N) is 3. The molecule has 0 radical (unpaired) electrons. The van der Waals surface area contributed by atoms with E-state index in [-0.39, 0.29) is 17.9 Å². The Bertz CT molecular complexity index is 442. The van der Waals surface area contributed by atoms with E-state index in [1.165, 1.54) is 0 Å². The van der Waals surface area contributed by atoms with Crippen LogP contribution in [0, 0.1) is 24.2 Å². The number of nitrogen functional groups attached to an aromatic ring is 1. The maximum atomic E-state index is 9.06. The third-order valence-corrected chi connectivity index (χ3v) is 2.83. The summed E-state index contributed by atoms with van der Waals surface area (Å²) < 4.78 is 5.37. The molecule has 3 N–H and O–H groups in total. The Kier molecular flexibility index (Phi) is 3.40. The molecule has 1 aliphatic rings. The standard InChI is InChI=1S/C11H15N5O/c1-7-5-14-11(13)16-10(7)15-9-6-17-3-2-8(9)4-12/h5,8-9H,2-3,6H2,1H3,(H3,13,14,15,16)/t8-,9+/m0/s1. The predicted molar refractivity (Wildman–Crippen MR) is 63.1 cm³/mol. The van der Waals surface area contributed by atoms with Crippen LogP contribution in [0.15, 0.2) is 6.20 Å². The second kappa shape index (κ2) is 4.97. The highest BCUT2D eigenvalue weighted by Gasteiger charge is 2.26.